The van der Waals surface area contributed by atoms with Gasteiger partial charge in [-0.1, -0.05) is 0 Å². The fourth-order valence-electron chi connectivity index (χ4n) is 2.43. The van der Waals surface area contributed by atoms with Crippen LogP contribution < -0.4 is 20.5 Å². The van der Waals surface area contributed by atoms with Gasteiger partial charge in [0.25, 0.3) is 0 Å². The number of methoxy groups -OCH3 is 2. The zero-order chi connectivity index (χ0) is 15.2. The molecule has 5 heteroatoms. The van der Waals surface area contributed by atoms with Crippen LogP contribution in [-0.2, 0) is 0 Å². The molecule has 21 heavy (non-hydrogen) atoms. The second-order valence-electron chi connectivity index (χ2n) is 5.04. The molecule has 5 nitrogen and oxygen atoms in total. The second-order valence-corrected chi connectivity index (χ2v) is 5.04. The highest BCUT2D eigenvalue weighted by molar-refractivity contribution is 5.97. The van der Waals surface area contributed by atoms with Crippen LogP contribution in [0.5, 0.6) is 11.5 Å². The van der Waals surface area contributed by atoms with Crippen LogP contribution in [0.25, 0.3) is 10.9 Å². The predicted octanol–water partition coefficient (Wildman–Crippen LogP) is 2.79. The average molecular weight is 289 g/mol. The van der Waals surface area contributed by atoms with Gasteiger partial charge in [0.05, 0.1) is 25.4 Å². The lowest BCUT2D eigenvalue weighted by atomic mass is 10.1. The second kappa shape index (κ2) is 7.13. The van der Waals surface area contributed by atoms with E-state index in [-0.39, 0.29) is 0 Å². The van der Waals surface area contributed by atoms with E-state index < -0.39 is 0 Å². The summed E-state index contributed by atoms with van der Waals surface area (Å²) in [6.45, 7) is 2.85. The van der Waals surface area contributed by atoms with Gasteiger partial charge in [-0.15, -0.1) is 0 Å². The van der Waals surface area contributed by atoms with E-state index in [1.807, 2.05) is 18.2 Å². The molecule has 1 atom stereocenters. The summed E-state index contributed by atoms with van der Waals surface area (Å²) < 4.78 is 10.9. The fourth-order valence-corrected chi connectivity index (χ4v) is 2.43. The Morgan fingerprint density at radius 1 is 1.33 bits per heavy atom. The largest absolute Gasteiger partial charge is 0.493 e. The Balaban J connectivity index is 2.43. The van der Waals surface area contributed by atoms with Crippen LogP contribution in [-0.4, -0.2) is 31.8 Å². The number of aromatic nitrogens is 1. The SMILES string of the molecule is COc1cc(N[C@@H](C)CCCN)c2ncccc2c1OC. The molecule has 0 amide bonds. The van der Waals surface area contributed by atoms with Gasteiger partial charge in [-0.05, 0) is 38.4 Å². The number of hydrogen-bond acceptors (Lipinski definition) is 5. The fraction of sp³-hybridized carbons (Fsp3) is 0.438. The molecule has 1 heterocycles. The third kappa shape index (κ3) is 3.36. The van der Waals surface area contributed by atoms with E-state index in [4.69, 9.17) is 15.2 Å². The highest BCUT2D eigenvalue weighted by Crippen LogP contribution is 2.39. The van der Waals surface area contributed by atoms with Crippen molar-refractivity contribution < 1.29 is 9.47 Å². The van der Waals surface area contributed by atoms with Crippen molar-refractivity contribution in [1.82, 2.24) is 4.98 Å². The molecule has 114 valence electrons. The van der Waals surface area contributed by atoms with Crippen molar-refractivity contribution in [2.45, 2.75) is 25.8 Å². The van der Waals surface area contributed by atoms with Gasteiger partial charge >= 0.3 is 0 Å². The molecule has 0 saturated heterocycles. The van der Waals surface area contributed by atoms with E-state index in [1.54, 1.807) is 20.4 Å². The Bertz CT molecular complexity index is 601. The van der Waals surface area contributed by atoms with Gasteiger partial charge in [0.15, 0.2) is 11.5 Å². The minimum Gasteiger partial charge on any atom is -0.493 e. The molecule has 2 aromatic rings. The van der Waals surface area contributed by atoms with Crippen LogP contribution in [0.15, 0.2) is 24.4 Å². The lowest BCUT2D eigenvalue weighted by Crippen LogP contribution is -2.17. The Morgan fingerprint density at radius 3 is 2.81 bits per heavy atom. The quantitative estimate of drug-likeness (QED) is 0.820. The van der Waals surface area contributed by atoms with Crippen LogP contribution in [0.3, 0.4) is 0 Å². The molecule has 1 aromatic carbocycles. The molecular weight excluding hydrogens is 266 g/mol. The zero-order valence-corrected chi connectivity index (χ0v) is 12.8. The lowest BCUT2D eigenvalue weighted by Gasteiger charge is -2.19. The first-order valence-electron chi connectivity index (χ1n) is 7.17. The van der Waals surface area contributed by atoms with Crippen LogP contribution in [0.4, 0.5) is 5.69 Å². The van der Waals surface area contributed by atoms with Crippen molar-refractivity contribution in [2.24, 2.45) is 5.73 Å². The zero-order valence-electron chi connectivity index (χ0n) is 12.8. The number of rotatable bonds is 7. The molecule has 0 spiro atoms. The minimum absolute atomic E-state index is 0.317. The van der Waals surface area contributed by atoms with Crippen LogP contribution in [0.2, 0.25) is 0 Å². The molecule has 0 bridgehead atoms. The summed E-state index contributed by atoms with van der Waals surface area (Å²) in [6, 6.07) is 6.13. The molecule has 0 unspecified atom stereocenters. The third-order valence-corrected chi connectivity index (χ3v) is 3.47. The van der Waals surface area contributed by atoms with Crippen molar-refractivity contribution in [2.75, 3.05) is 26.1 Å². The topological polar surface area (TPSA) is 69.4 Å². The highest BCUT2D eigenvalue weighted by Gasteiger charge is 2.15. The summed E-state index contributed by atoms with van der Waals surface area (Å²) in [6.07, 6.45) is 3.79. The standard InChI is InChI=1S/C16H23N3O2/c1-11(6-4-8-17)19-13-10-14(20-2)16(21-3)12-7-5-9-18-15(12)13/h5,7,9-11,19H,4,6,8,17H2,1-3H3/t11-/m0/s1. The van der Waals surface area contributed by atoms with Gasteiger partial charge in [-0.2, -0.15) is 0 Å². The number of benzene rings is 1. The predicted molar refractivity (Wildman–Crippen MR) is 86.2 cm³/mol. The molecule has 0 aliphatic heterocycles. The average Bonchev–Trinajstić information content (AvgIpc) is 2.52. The maximum Gasteiger partial charge on any atom is 0.170 e. The summed E-state index contributed by atoms with van der Waals surface area (Å²) in [4.78, 5) is 4.48. The van der Waals surface area contributed by atoms with Crippen molar-refractivity contribution in [3.05, 3.63) is 24.4 Å². The van der Waals surface area contributed by atoms with Gasteiger partial charge in [0.2, 0.25) is 0 Å². The summed E-state index contributed by atoms with van der Waals surface area (Å²) in [5.41, 5.74) is 7.40. The number of nitrogens with two attached hydrogens (primary N) is 1. The number of ether oxygens (including phenoxy) is 2. The molecule has 0 aliphatic rings. The van der Waals surface area contributed by atoms with Crippen molar-refractivity contribution >= 4 is 16.6 Å². The van der Waals surface area contributed by atoms with E-state index in [2.05, 4.69) is 17.2 Å². The normalized spacial score (nSPS) is 12.2. The Morgan fingerprint density at radius 2 is 2.14 bits per heavy atom. The van der Waals surface area contributed by atoms with Crippen molar-refractivity contribution in [1.29, 1.82) is 0 Å². The third-order valence-electron chi connectivity index (χ3n) is 3.47. The van der Waals surface area contributed by atoms with E-state index in [9.17, 15) is 0 Å². The molecule has 0 aliphatic carbocycles. The monoisotopic (exact) mass is 289 g/mol. The van der Waals surface area contributed by atoms with E-state index in [0.717, 1.165) is 29.4 Å². The molecule has 0 radical (unpaired) electrons. The number of hydrogen-bond donors (Lipinski definition) is 2. The number of pyridine rings is 1. The molecule has 2 rings (SSSR count). The number of nitrogens with zero attached hydrogens (tertiary/aromatic N) is 1. The highest BCUT2D eigenvalue weighted by atomic mass is 16.5. The van der Waals surface area contributed by atoms with Gasteiger partial charge in [-0.3, -0.25) is 4.98 Å². The molecule has 3 N–H and O–H groups in total. The number of nitrogens with one attached hydrogen (secondary N) is 1. The number of fused-ring (bicyclic) bond motifs is 1. The first-order chi connectivity index (χ1) is 10.2. The summed E-state index contributed by atoms with van der Waals surface area (Å²) in [5, 5.41) is 4.43. The Kier molecular flexibility index (Phi) is 5.22. The first-order valence-corrected chi connectivity index (χ1v) is 7.17. The molecular formula is C16H23N3O2. The summed E-state index contributed by atoms with van der Waals surface area (Å²) in [5.74, 6) is 1.41. The summed E-state index contributed by atoms with van der Waals surface area (Å²) in [7, 11) is 3.28. The molecule has 0 saturated carbocycles. The van der Waals surface area contributed by atoms with Gasteiger partial charge in [-0.25, -0.2) is 0 Å². The van der Waals surface area contributed by atoms with Crippen molar-refractivity contribution in [3.8, 4) is 11.5 Å². The van der Waals surface area contributed by atoms with Gasteiger partial charge in [0, 0.05) is 23.7 Å². The van der Waals surface area contributed by atoms with Gasteiger partial charge < -0.3 is 20.5 Å². The maximum atomic E-state index is 5.57. The number of anilines is 1. The molecule has 1 aromatic heterocycles. The minimum atomic E-state index is 0.317. The Hall–Kier alpha value is -2.01. The smallest absolute Gasteiger partial charge is 0.170 e. The van der Waals surface area contributed by atoms with Crippen LogP contribution >= 0.6 is 0 Å². The van der Waals surface area contributed by atoms with Crippen LogP contribution in [0, 0.1) is 0 Å². The molecule has 0 fully saturated rings. The van der Waals surface area contributed by atoms with Crippen LogP contribution in [0.1, 0.15) is 19.8 Å². The maximum absolute atomic E-state index is 5.57. The van der Waals surface area contributed by atoms with Gasteiger partial charge in [0.1, 0.15) is 0 Å². The summed E-state index contributed by atoms with van der Waals surface area (Å²) >= 11 is 0. The van der Waals surface area contributed by atoms with E-state index >= 15 is 0 Å². The Labute approximate surface area is 125 Å². The first kappa shape index (κ1) is 15.4. The van der Waals surface area contributed by atoms with Crippen molar-refractivity contribution in [3.63, 3.8) is 0 Å². The van der Waals surface area contributed by atoms with E-state index in [0.29, 0.717) is 24.1 Å². The lowest BCUT2D eigenvalue weighted by molar-refractivity contribution is 0.358. The van der Waals surface area contributed by atoms with E-state index in [1.165, 1.54) is 0 Å².